The minimum atomic E-state index is -0.764. The van der Waals surface area contributed by atoms with Crippen LogP contribution in [0, 0.1) is 12.7 Å². The molecule has 0 bridgehead atoms. The van der Waals surface area contributed by atoms with Crippen LogP contribution in [0.15, 0.2) is 91.1 Å². The fourth-order valence-electron chi connectivity index (χ4n) is 3.97. The smallest absolute Gasteiger partial charge is 0.251 e. The Hall–Kier alpha value is -4.26. The molecular formula is C28H27FN4O2. The van der Waals surface area contributed by atoms with E-state index in [-0.39, 0.29) is 23.7 Å². The largest absolute Gasteiger partial charge is 0.348 e. The van der Waals surface area contributed by atoms with Crippen LogP contribution in [0.3, 0.4) is 0 Å². The maximum absolute atomic E-state index is 13.3. The molecule has 2 amide bonds. The van der Waals surface area contributed by atoms with Crippen LogP contribution in [0.5, 0.6) is 0 Å². The third-order valence-corrected chi connectivity index (χ3v) is 5.88. The number of hydrogen-bond acceptors (Lipinski definition) is 3. The number of carbonyl (C=O) groups excluding carboxylic acids is 2. The number of hydrogen-bond donors (Lipinski definition) is 2. The summed E-state index contributed by atoms with van der Waals surface area (Å²) in [6.45, 7) is 3.77. The standard InChI is InChI=1S/C28H27FN4O2/c1-19(25-18-30-33(20(25)2)24-15-13-23(29)14-16-24)31-28(35)26(17-21-9-5-3-6-10-21)32-27(34)22-11-7-4-8-12-22/h3-16,18-19,26H,17H2,1-2H3,(H,31,35)(H,32,34). The zero-order valence-electron chi connectivity index (χ0n) is 19.6. The minimum Gasteiger partial charge on any atom is -0.348 e. The van der Waals surface area contributed by atoms with Gasteiger partial charge in [-0.15, -0.1) is 0 Å². The molecule has 0 saturated heterocycles. The first-order valence-electron chi connectivity index (χ1n) is 11.4. The lowest BCUT2D eigenvalue weighted by Crippen LogP contribution is -2.48. The summed E-state index contributed by atoms with van der Waals surface area (Å²) >= 11 is 0. The van der Waals surface area contributed by atoms with Crippen molar-refractivity contribution in [2.24, 2.45) is 0 Å². The third-order valence-electron chi connectivity index (χ3n) is 5.88. The number of amides is 2. The van der Waals surface area contributed by atoms with E-state index >= 15 is 0 Å². The Balaban J connectivity index is 1.51. The molecule has 178 valence electrons. The highest BCUT2D eigenvalue weighted by Gasteiger charge is 2.25. The molecular weight excluding hydrogens is 443 g/mol. The minimum absolute atomic E-state index is 0.292. The number of halogens is 1. The van der Waals surface area contributed by atoms with Crippen LogP contribution in [0.25, 0.3) is 5.69 Å². The molecule has 0 fully saturated rings. The normalized spacial score (nSPS) is 12.5. The number of aromatic nitrogens is 2. The molecule has 0 aliphatic heterocycles. The van der Waals surface area contributed by atoms with E-state index in [0.717, 1.165) is 22.5 Å². The van der Waals surface area contributed by atoms with Crippen LogP contribution in [-0.4, -0.2) is 27.6 Å². The average molecular weight is 471 g/mol. The monoisotopic (exact) mass is 470 g/mol. The predicted molar refractivity (Wildman–Crippen MR) is 133 cm³/mol. The van der Waals surface area contributed by atoms with Crippen molar-refractivity contribution in [1.82, 2.24) is 20.4 Å². The van der Waals surface area contributed by atoms with E-state index in [1.165, 1.54) is 12.1 Å². The summed E-state index contributed by atoms with van der Waals surface area (Å²) in [5, 5.41) is 10.3. The maximum Gasteiger partial charge on any atom is 0.251 e. The molecule has 6 nitrogen and oxygen atoms in total. The molecule has 1 aromatic heterocycles. The Labute approximate surface area is 203 Å². The number of nitrogens with zero attached hydrogens (tertiary/aromatic N) is 2. The molecule has 0 spiro atoms. The lowest BCUT2D eigenvalue weighted by Gasteiger charge is -2.22. The van der Waals surface area contributed by atoms with E-state index in [0.29, 0.717) is 12.0 Å². The fraction of sp³-hybridized carbons (Fsp3) is 0.179. The number of rotatable bonds is 8. The Morgan fingerprint density at radius 3 is 2.20 bits per heavy atom. The summed E-state index contributed by atoms with van der Waals surface area (Å²) in [6, 6.07) is 23.3. The highest BCUT2D eigenvalue weighted by molar-refractivity contribution is 5.97. The second-order valence-electron chi connectivity index (χ2n) is 8.39. The summed E-state index contributed by atoms with van der Waals surface area (Å²) in [6.07, 6.45) is 2.05. The summed E-state index contributed by atoms with van der Waals surface area (Å²) in [5.74, 6) is -0.921. The molecule has 7 heteroatoms. The molecule has 0 radical (unpaired) electrons. The van der Waals surface area contributed by atoms with Crippen LogP contribution in [0.1, 0.15) is 40.1 Å². The van der Waals surface area contributed by atoms with Crippen LogP contribution >= 0.6 is 0 Å². The van der Waals surface area contributed by atoms with Gasteiger partial charge in [-0.05, 0) is 55.8 Å². The highest BCUT2D eigenvalue weighted by Crippen LogP contribution is 2.21. The van der Waals surface area contributed by atoms with Gasteiger partial charge in [0.2, 0.25) is 5.91 Å². The summed E-state index contributed by atoms with van der Waals surface area (Å²) in [7, 11) is 0. The molecule has 4 aromatic rings. The summed E-state index contributed by atoms with van der Waals surface area (Å²) in [5.41, 5.74) is 3.82. The number of carbonyl (C=O) groups is 2. The van der Waals surface area contributed by atoms with Gasteiger partial charge in [0.1, 0.15) is 11.9 Å². The van der Waals surface area contributed by atoms with Gasteiger partial charge >= 0.3 is 0 Å². The fourth-order valence-corrected chi connectivity index (χ4v) is 3.97. The van der Waals surface area contributed by atoms with Gasteiger partial charge in [-0.25, -0.2) is 9.07 Å². The van der Waals surface area contributed by atoms with Crippen molar-refractivity contribution in [3.8, 4) is 5.69 Å². The lowest BCUT2D eigenvalue weighted by molar-refractivity contribution is -0.123. The van der Waals surface area contributed by atoms with E-state index in [1.807, 2.05) is 50.2 Å². The molecule has 2 atom stereocenters. The Morgan fingerprint density at radius 2 is 1.54 bits per heavy atom. The average Bonchev–Trinajstić information content (AvgIpc) is 3.26. The van der Waals surface area contributed by atoms with Gasteiger partial charge in [-0.3, -0.25) is 9.59 Å². The van der Waals surface area contributed by atoms with Crippen LogP contribution in [0.4, 0.5) is 4.39 Å². The van der Waals surface area contributed by atoms with Crippen molar-refractivity contribution in [3.63, 3.8) is 0 Å². The second-order valence-corrected chi connectivity index (χ2v) is 8.39. The van der Waals surface area contributed by atoms with Crippen LogP contribution in [0.2, 0.25) is 0 Å². The number of benzene rings is 3. The highest BCUT2D eigenvalue weighted by atomic mass is 19.1. The van der Waals surface area contributed by atoms with E-state index < -0.39 is 6.04 Å². The molecule has 2 N–H and O–H groups in total. The first-order valence-corrected chi connectivity index (χ1v) is 11.4. The van der Waals surface area contributed by atoms with E-state index in [4.69, 9.17) is 0 Å². The zero-order valence-corrected chi connectivity index (χ0v) is 19.6. The van der Waals surface area contributed by atoms with E-state index in [1.54, 1.807) is 47.3 Å². The Kier molecular flexibility index (Phi) is 7.35. The number of nitrogens with one attached hydrogen (secondary N) is 2. The van der Waals surface area contributed by atoms with Crippen LogP contribution in [-0.2, 0) is 11.2 Å². The molecule has 35 heavy (non-hydrogen) atoms. The molecule has 4 rings (SSSR count). The van der Waals surface area contributed by atoms with Gasteiger partial charge < -0.3 is 10.6 Å². The molecule has 2 unspecified atom stereocenters. The van der Waals surface area contributed by atoms with Crippen LogP contribution < -0.4 is 10.6 Å². The maximum atomic E-state index is 13.3. The van der Waals surface area contributed by atoms with Gasteiger partial charge in [0, 0.05) is 23.2 Å². The summed E-state index contributed by atoms with van der Waals surface area (Å²) < 4.78 is 15.0. The second kappa shape index (κ2) is 10.8. The van der Waals surface area contributed by atoms with Crippen molar-refractivity contribution < 1.29 is 14.0 Å². The van der Waals surface area contributed by atoms with Gasteiger partial charge in [0.05, 0.1) is 17.9 Å². The van der Waals surface area contributed by atoms with E-state index in [9.17, 15) is 14.0 Å². The van der Waals surface area contributed by atoms with E-state index in [2.05, 4.69) is 15.7 Å². The summed E-state index contributed by atoms with van der Waals surface area (Å²) in [4.78, 5) is 26.1. The van der Waals surface area contributed by atoms with Crippen molar-refractivity contribution >= 4 is 11.8 Å². The molecule has 0 aliphatic rings. The molecule has 1 heterocycles. The molecule has 0 saturated carbocycles. The van der Waals surface area contributed by atoms with Gasteiger partial charge in [-0.2, -0.15) is 5.10 Å². The Morgan fingerprint density at radius 1 is 0.914 bits per heavy atom. The topological polar surface area (TPSA) is 76.0 Å². The van der Waals surface area contributed by atoms with Crippen molar-refractivity contribution in [2.75, 3.05) is 0 Å². The molecule has 0 aliphatic carbocycles. The SMILES string of the molecule is Cc1c(C(C)NC(=O)C(Cc2ccccc2)NC(=O)c2ccccc2)cnn1-c1ccc(F)cc1. The van der Waals surface area contributed by atoms with Gasteiger partial charge in [0.25, 0.3) is 5.91 Å². The predicted octanol–water partition coefficient (Wildman–Crippen LogP) is 4.54. The van der Waals surface area contributed by atoms with Gasteiger partial charge in [0.15, 0.2) is 0 Å². The quantitative estimate of drug-likeness (QED) is 0.397. The lowest BCUT2D eigenvalue weighted by atomic mass is 10.0. The first kappa shape index (κ1) is 23.9. The Bertz CT molecular complexity index is 1290. The van der Waals surface area contributed by atoms with Crippen molar-refractivity contribution in [1.29, 1.82) is 0 Å². The van der Waals surface area contributed by atoms with Gasteiger partial charge in [-0.1, -0.05) is 48.5 Å². The van der Waals surface area contributed by atoms with Crippen molar-refractivity contribution in [2.45, 2.75) is 32.4 Å². The van der Waals surface area contributed by atoms with Crippen molar-refractivity contribution in [3.05, 3.63) is 119 Å². The third kappa shape index (κ3) is 5.81. The molecule has 3 aromatic carbocycles. The first-order chi connectivity index (χ1) is 16.9. The zero-order chi connectivity index (χ0) is 24.8.